The molecule has 0 spiro atoms. The number of aromatic nitrogens is 4. The molecule has 0 saturated carbocycles. The molecule has 0 saturated heterocycles. The molecule has 38 heavy (non-hydrogen) atoms. The van der Waals surface area contributed by atoms with Crippen LogP contribution in [-0.4, -0.2) is 52.3 Å². The zero-order valence-electron chi connectivity index (χ0n) is 21.2. The highest BCUT2D eigenvalue weighted by atomic mass is 32.2. The van der Waals surface area contributed by atoms with Crippen LogP contribution in [0.25, 0.3) is 11.3 Å². The summed E-state index contributed by atoms with van der Waals surface area (Å²) in [6, 6.07) is 13.9. The molecule has 0 unspecified atom stereocenters. The average Bonchev–Trinajstić information content (AvgIpc) is 3.31. The predicted octanol–water partition coefficient (Wildman–Crippen LogP) is 3.20. The lowest BCUT2D eigenvalue weighted by molar-refractivity contribution is 0.0951. The van der Waals surface area contributed by atoms with Crippen LogP contribution in [0.2, 0.25) is 0 Å². The summed E-state index contributed by atoms with van der Waals surface area (Å²) in [6.07, 6.45) is 3.07. The van der Waals surface area contributed by atoms with Crippen molar-refractivity contribution in [3.63, 3.8) is 0 Å². The lowest BCUT2D eigenvalue weighted by Crippen LogP contribution is -2.24. The van der Waals surface area contributed by atoms with Gasteiger partial charge < -0.3 is 15.2 Å². The molecule has 0 aliphatic rings. The minimum absolute atomic E-state index is 0.00358. The van der Waals surface area contributed by atoms with Gasteiger partial charge in [-0.15, -0.1) is 0 Å². The molecule has 1 amide bonds. The molecule has 198 valence electrons. The number of anilines is 1. The first-order chi connectivity index (χ1) is 18.2. The summed E-state index contributed by atoms with van der Waals surface area (Å²) < 4.78 is 35.6. The van der Waals surface area contributed by atoms with Crippen LogP contribution >= 0.6 is 0 Å². The highest BCUT2D eigenvalue weighted by molar-refractivity contribution is 7.92. The van der Waals surface area contributed by atoms with Crippen LogP contribution in [0.15, 0.2) is 65.8 Å². The third-order valence-electron chi connectivity index (χ3n) is 5.62. The summed E-state index contributed by atoms with van der Waals surface area (Å²) in [5.41, 5.74) is 3.64. The van der Waals surface area contributed by atoms with Gasteiger partial charge in [-0.05, 0) is 55.7 Å². The maximum absolute atomic E-state index is 12.9. The number of carbonyl (C=O) groups excluding carboxylic acids is 1. The normalized spacial score (nSPS) is 11.3. The molecular weight excluding hydrogens is 508 g/mol. The number of aryl methyl sites for hydroxylation is 3. The summed E-state index contributed by atoms with van der Waals surface area (Å²) >= 11 is 0. The molecule has 4 aromatic rings. The van der Waals surface area contributed by atoms with Crippen molar-refractivity contribution in [3.8, 4) is 22.9 Å². The van der Waals surface area contributed by atoms with E-state index in [9.17, 15) is 13.2 Å². The Hall–Kier alpha value is -4.29. The van der Waals surface area contributed by atoms with Crippen molar-refractivity contribution in [2.75, 3.05) is 17.9 Å². The second-order valence-electron chi connectivity index (χ2n) is 8.60. The summed E-state index contributed by atoms with van der Waals surface area (Å²) in [6.45, 7) is 4.24. The third kappa shape index (κ3) is 6.33. The number of benzene rings is 2. The van der Waals surface area contributed by atoms with Crippen LogP contribution < -0.4 is 14.8 Å². The van der Waals surface area contributed by atoms with Gasteiger partial charge in [0.15, 0.2) is 0 Å². The predicted molar refractivity (Wildman–Crippen MR) is 142 cm³/mol. The Morgan fingerprint density at radius 1 is 1.08 bits per heavy atom. The van der Waals surface area contributed by atoms with Gasteiger partial charge in [0.05, 0.1) is 11.9 Å². The van der Waals surface area contributed by atoms with Gasteiger partial charge in [-0.1, -0.05) is 18.2 Å². The number of hydrogen-bond donors (Lipinski definition) is 3. The van der Waals surface area contributed by atoms with Gasteiger partial charge in [-0.3, -0.25) is 9.48 Å². The topological polar surface area (TPSA) is 148 Å². The van der Waals surface area contributed by atoms with E-state index in [1.54, 1.807) is 37.4 Å². The number of carbonyl (C=O) groups is 1. The fourth-order valence-electron chi connectivity index (χ4n) is 3.76. The smallest absolute Gasteiger partial charge is 0.267 e. The number of ether oxygens (including phenoxy) is 1. The van der Waals surface area contributed by atoms with E-state index in [0.29, 0.717) is 30.0 Å². The van der Waals surface area contributed by atoms with E-state index < -0.39 is 10.0 Å². The lowest BCUT2D eigenvalue weighted by Gasteiger charge is -2.13. The van der Waals surface area contributed by atoms with Crippen LogP contribution in [0.4, 0.5) is 5.95 Å². The van der Waals surface area contributed by atoms with Crippen molar-refractivity contribution in [2.45, 2.75) is 25.2 Å². The SMILES string of the molecule is Cc1cccc(C)c1-c1cc(Oc2ccc(C(=O)NCCCO)cc2)nc(NS(=O)(=O)c2cnn(C)c2)n1. The van der Waals surface area contributed by atoms with E-state index in [-0.39, 0.29) is 29.2 Å². The second-order valence-corrected chi connectivity index (χ2v) is 10.3. The van der Waals surface area contributed by atoms with Crippen molar-refractivity contribution < 1.29 is 23.1 Å². The first kappa shape index (κ1) is 26.8. The fourth-order valence-corrected chi connectivity index (χ4v) is 4.69. The fraction of sp³-hybridized carbons (Fsp3) is 0.231. The van der Waals surface area contributed by atoms with E-state index in [1.165, 1.54) is 17.1 Å². The standard InChI is InChI=1S/C26H28N6O5S/c1-17-6-4-7-18(2)24(17)22-14-23(30-26(29-22)31-38(35,36)21-15-28-32(3)16-21)37-20-10-8-19(9-11-20)25(34)27-12-5-13-33/h4,6-11,14-16,33H,5,12-13H2,1-3H3,(H,27,34)(H,29,30,31). The van der Waals surface area contributed by atoms with E-state index >= 15 is 0 Å². The second kappa shape index (κ2) is 11.4. The molecule has 12 heteroatoms. The number of rotatable bonds is 10. The van der Waals surface area contributed by atoms with Gasteiger partial charge in [0.1, 0.15) is 10.6 Å². The minimum atomic E-state index is -4.00. The number of hydrogen-bond acceptors (Lipinski definition) is 8. The number of aliphatic hydroxyl groups excluding tert-OH is 1. The van der Waals surface area contributed by atoms with Gasteiger partial charge in [-0.2, -0.15) is 10.1 Å². The number of sulfonamides is 1. The maximum Gasteiger partial charge on any atom is 0.267 e. The van der Waals surface area contributed by atoms with Crippen molar-refractivity contribution in [3.05, 3.63) is 77.6 Å². The lowest BCUT2D eigenvalue weighted by atomic mass is 10.00. The minimum Gasteiger partial charge on any atom is -0.439 e. The first-order valence-corrected chi connectivity index (χ1v) is 13.3. The van der Waals surface area contributed by atoms with Crippen molar-refractivity contribution >= 4 is 21.9 Å². The number of amides is 1. The van der Waals surface area contributed by atoms with Crippen molar-refractivity contribution in [2.24, 2.45) is 7.05 Å². The molecule has 0 atom stereocenters. The van der Waals surface area contributed by atoms with Gasteiger partial charge in [0.2, 0.25) is 11.8 Å². The monoisotopic (exact) mass is 536 g/mol. The molecule has 3 N–H and O–H groups in total. The molecule has 2 aromatic carbocycles. The van der Waals surface area contributed by atoms with Crippen LogP contribution in [-0.2, 0) is 17.1 Å². The molecule has 0 bridgehead atoms. The number of nitrogens with zero attached hydrogens (tertiary/aromatic N) is 4. The summed E-state index contributed by atoms with van der Waals surface area (Å²) in [5.74, 6) is 0.0751. The molecule has 11 nitrogen and oxygen atoms in total. The van der Waals surface area contributed by atoms with Crippen LogP contribution in [0.1, 0.15) is 27.9 Å². The van der Waals surface area contributed by atoms with Gasteiger partial charge in [-0.25, -0.2) is 18.1 Å². The van der Waals surface area contributed by atoms with Crippen LogP contribution in [0.5, 0.6) is 11.6 Å². The molecule has 2 aromatic heterocycles. The number of nitrogens with one attached hydrogen (secondary N) is 2. The molecule has 0 aliphatic heterocycles. The van der Waals surface area contributed by atoms with E-state index in [2.05, 4.69) is 25.1 Å². The maximum atomic E-state index is 12.9. The Kier molecular flexibility index (Phi) is 8.03. The molecule has 2 heterocycles. The third-order valence-corrected chi connectivity index (χ3v) is 6.90. The summed E-state index contributed by atoms with van der Waals surface area (Å²) in [4.78, 5) is 21.0. The number of aliphatic hydroxyl groups is 1. The Labute approximate surface area is 220 Å². The van der Waals surface area contributed by atoms with Crippen LogP contribution in [0, 0.1) is 13.8 Å². The van der Waals surface area contributed by atoms with Crippen molar-refractivity contribution in [1.82, 2.24) is 25.1 Å². The van der Waals surface area contributed by atoms with E-state index in [0.717, 1.165) is 16.7 Å². The zero-order chi connectivity index (χ0) is 27.3. The first-order valence-electron chi connectivity index (χ1n) is 11.8. The Morgan fingerprint density at radius 3 is 2.42 bits per heavy atom. The highest BCUT2D eigenvalue weighted by Crippen LogP contribution is 2.31. The Morgan fingerprint density at radius 2 is 1.79 bits per heavy atom. The van der Waals surface area contributed by atoms with Gasteiger partial charge in [0, 0.05) is 43.6 Å². The molecule has 0 aliphatic carbocycles. The van der Waals surface area contributed by atoms with Crippen LogP contribution in [0.3, 0.4) is 0 Å². The summed E-state index contributed by atoms with van der Waals surface area (Å²) in [5, 5.41) is 15.5. The largest absolute Gasteiger partial charge is 0.439 e. The van der Waals surface area contributed by atoms with E-state index in [4.69, 9.17) is 9.84 Å². The molecule has 0 fully saturated rings. The highest BCUT2D eigenvalue weighted by Gasteiger charge is 2.20. The Bertz CT molecular complexity index is 1530. The molecule has 0 radical (unpaired) electrons. The molecular formula is C26H28N6O5S. The van der Waals surface area contributed by atoms with Gasteiger partial charge in [0.25, 0.3) is 15.9 Å². The quantitative estimate of drug-likeness (QED) is 0.262. The van der Waals surface area contributed by atoms with Gasteiger partial charge >= 0.3 is 0 Å². The van der Waals surface area contributed by atoms with E-state index in [1.807, 2.05) is 32.0 Å². The van der Waals surface area contributed by atoms with Crippen molar-refractivity contribution in [1.29, 1.82) is 0 Å². The average molecular weight is 537 g/mol. The summed E-state index contributed by atoms with van der Waals surface area (Å²) in [7, 11) is -2.38. The Balaban J connectivity index is 1.66. The molecule has 4 rings (SSSR count). The zero-order valence-corrected chi connectivity index (χ0v) is 22.0.